The van der Waals surface area contributed by atoms with E-state index in [0.717, 1.165) is 5.69 Å². The van der Waals surface area contributed by atoms with E-state index in [1.54, 1.807) is 24.0 Å². The summed E-state index contributed by atoms with van der Waals surface area (Å²) in [7, 11) is 0. The molecule has 0 saturated heterocycles. The van der Waals surface area contributed by atoms with E-state index in [-0.39, 0.29) is 5.56 Å². The van der Waals surface area contributed by atoms with Gasteiger partial charge in [-0.2, -0.15) is 0 Å². The molecule has 0 aliphatic rings. The lowest BCUT2D eigenvalue weighted by molar-refractivity contribution is 0.571. The summed E-state index contributed by atoms with van der Waals surface area (Å²) in [5.41, 5.74) is 1.65. The molecular formula is C13H15BrN4O. The molecule has 2 aromatic heterocycles. The van der Waals surface area contributed by atoms with Gasteiger partial charge in [-0.3, -0.25) is 14.3 Å². The second kappa shape index (κ2) is 6.58. The first-order valence-electron chi connectivity index (χ1n) is 6.00. The molecule has 2 aromatic rings. The number of hydrogen-bond acceptors (Lipinski definition) is 4. The van der Waals surface area contributed by atoms with Gasteiger partial charge in [-0.1, -0.05) is 6.07 Å². The average Bonchev–Trinajstić information content (AvgIpc) is 2.44. The number of aromatic nitrogens is 3. The molecule has 2 heterocycles. The Morgan fingerprint density at radius 2 is 2.21 bits per heavy atom. The number of rotatable bonds is 5. The molecule has 0 aromatic carbocycles. The zero-order valence-corrected chi connectivity index (χ0v) is 12.2. The smallest absolute Gasteiger partial charge is 0.267 e. The molecule has 0 atom stereocenters. The molecule has 1 N–H and O–H groups in total. The van der Waals surface area contributed by atoms with Crippen LogP contribution < -0.4 is 10.9 Å². The van der Waals surface area contributed by atoms with Crippen LogP contribution in [-0.4, -0.2) is 21.1 Å². The summed E-state index contributed by atoms with van der Waals surface area (Å²) in [6.07, 6.45) is 3.34. The number of aryl methyl sites for hydroxylation is 1. The van der Waals surface area contributed by atoms with Crippen molar-refractivity contribution in [1.29, 1.82) is 0 Å². The highest BCUT2D eigenvalue weighted by molar-refractivity contribution is 9.10. The second-order valence-electron chi connectivity index (χ2n) is 4.14. The van der Waals surface area contributed by atoms with E-state index in [1.807, 2.05) is 18.2 Å². The van der Waals surface area contributed by atoms with Gasteiger partial charge in [0.1, 0.15) is 4.47 Å². The minimum Gasteiger partial charge on any atom is -0.309 e. The Bertz CT molecular complexity index is 597. The Hall–Kier alpha value is -1.53. The van der Waals surface area contributed by atoms with Crippen LogP contribution in [-0.2, 0) is 13.1 Å². The number of nitrogens with zero attached hydrogens (tertiary/aromatic N) is 3. The molecule has 2 rings (SSSR count). The molecule has 6 heteroatoms. The Balaban J connectivity index is 1.87. The van der Waals surface area contributed by atoms with Gasteiger partial charge >= 0.3 is 0 Å². The minimum absolute atomic E-state index is 0.0489. The maximum Gasteiger partial charge on any atom is 0.267 e. The largest absolute Gasteiger partial charge is 0.309 e. The molecule has 0 unspecified atom stereocenters. The van der Waals surface area contributed by atoms with Crippen molar-refractivity contribution in [3.63, 3.8) is 0 Å². The van der Waals surface area contributed by atoms with E-state index in [0.29, 0.717) is 29.8 Å². The highest BCUT2D eigenvalue weighted by Gasteiger charge is 2.04. The van der Waals surface area contributed by atoms with Gasteiger partial charge in [-0.05, 0) is 35.0 Å². The molecule has 0 radical (unpaired) electrons. The first kappa shape index (κ1) is 13.9. The Morgan fingerprint density at radius 1 is 1.37 bits per heavy atom. The predicted molar refractivity (Wildman–Crippen MR) is 76.9 cm³/mol. The van der Waals surface area contributed by atoms with E-state index in [1.165, 1.54) is 0 Å². The molecule has 100 valence electrons. The molecule has 0 fully saturated rings. The molecule has 0 spiro atoms. The molecular weight excluding hydrogens is 308 g/mol. The zero-order chi connectivity index (χ0) is 13.7. The first-order chi connectivity index (χ1) is 9.18. The van der Waals surface area contributed by atoms with Gasteiger partial charge in [0.15, 0.2) is 0 Å². The lowest BCUT2D eigenvalue weighted by atomic mass is 10.3. The number of nitrogens with one attached hydrogen (secondary N) is 1. The van der Waals surface area contributed by atoms with Crippen LogP contribution in [0.2, 0.25) is 0 Å². The Morgan fingerprint density at radius 3 is 2.95 bits per heavy atom. The summed E-state index contributed by atoms with van der Waals surface area (Å²) in [6.45, 7) is 3.76. The van der Waals surface area contributed by atoms with Crippen molar-refractivity contribution >= 4 is 15.9 Å². The van der Waals surface area contributed by atoms with Crippen LogP contribution in [0.1, 0.15) is 11.4 Å². The third kappa shape index (κ3) is 3.71. The zero-order valence-electron chi connectivity index (χ0n) is 10.6. The van der Waals surface area contributed by atoms with Gasteiger partial charge in [0.05, 0.1) is 17.7 Å². The van der Waals surface area contributed by atoms with Crippen LogP contribution in [0.15, 0.2) is 40.0 Å². The summed E-state index contributed by atoms with van der Waals surface area (Å²) in [5, 5.41) is 3.25. The highest BCUT2D eigenvalue weighted by Crippen LogP contribution is 2.05. The molecule has 0 aliphatic carbocycles. The van der Waals surface area contributed by atoms with Crippen LogP contribution in [0.25, 0.3) is 0 Å². The maximum absolute atomic E-state index is 11.9. The fourth-order valence-electron chi connectivity index (χ4n) is 1.62. The first-order valence-corrected chi connectivity index (χ1v) is 6.80. The van der Waals surface area contributed by atoms with E-state index in [4.69, 9.17) is 0 Å². The van der Waals surface area contributed by atoms with E-state index < -0.39 is 0 Å². The van der Waals surface area contributed by atoms with Crippen molar-refractivity contribution in [2.24, 2.45) is 0 Å². The standard InChI is InChI=1S/C13H15BrN4O/c1-10-12(14)13(19)18(9-17-10)7-6-15-8-11-4-2-3-5-16-11/h2-5,9,15H,6-8H2,1H3. The van der Waals surface area contributed by atoms with Crippen molar-refractivity contribution in [1.82, 2.24) is 19.9 Å². The third-order valence-electron chi connectivity index (χ3n) is 2.72. The van der Waals surface area contributed by atoms with Crippen LogP contribution in [0, 0.1) is 6.92 Å². The van der Waals surface area contributed by atoms with E-state index >= 15 is 0 Å². The normalized spacial score (nSPS) is 10.6. The maximum atomic E-state index is 11.9. The topological polar surface area (TPSA) is 59.8 Å². The summed E-state index contributed by atoms with van der Waals surface area (Å²) < 4.78 is 2.11. The van der Waals surface area contributed by atoms with Crippen molar-refractivity contribution in [3.05, 3.63) is 56.9 Å². The molecule has 19 heavy (non-hydrogen) atoms. The van der Waals surface area contributed by atoms with Crippen LogP contribution in [0.5, 0.6) is 0 Å². The van der Waals surface area contributed by atoms with Crippen molar-refractivity contribution in [2.75, 3.05) is 6.54 Å². The van der Waals surface area contributed by atoms with Gasteiger partial charge in [0.2, 0.25) is 0 Å². The summed E-state index contributed by atoms with van der Waals surface area (Å²) >= 11 is 3.25. The minimum atomic E-state index is -0.0489. The summed E-state index contributed by atoms with van der Waals surface area (Å²) in [4.78, 5) is 20.3. The number of hydrogen-bond donors (Lipinski definition) is 1. The van der Waals surface area contributed by atoms with Crippen molar-refractivity contribution in [2.45, 2.75) is 20.0 Å². The number of halogens is 1. The second-order valence-corrected chi connectivity index (χ2v) is 4.93. The highest BCUT2D eigenvalue weighted by atomic mass is 79.9. The average molecular weight is 323 g/mol. The quantitative estimate of drug-likeness (QED) is 0.847. The molecule has 0 saturated carbocycles. The van der Waals surface area contributed by atoms with Crippen LogP contribution in [0.4, 0.5) is 0 Å². The van der Waals surface area contributed by atoms with Gasteiger partial charge in [0, 0.05) is 25.8 Å². The molecule has 5 nitrogen and oxygen atoms in total. The van der Waals surface area contributed by atoms with E-state index in [2.05, 4.69) is 31.2 Å². The van der Waals surface area contributed by atoms with Crippen molar-refractivity contribution < 1.29 is 0 Å². The summed E-state index contributed by atoms with van der Waals surface area (Å²) in [5.74, 6) is 0. The van der Waals surface area contributed by atoms with Crippen LogP contribution in [0.3, 0.4) is 0 Å². The summed E-state index contributed by atoms with van der Waals surface area (Å²) in [6, 6.07) is 5.80. The monoisotopic (exact) mass is 322 g/mol. The van der Waals surface area contributed by atoms with Gasteiger partial charge < -0.3 is 5.32 Å². The SMILES string of the molecule is Cc1ncn(CCNCc2ccccn2)c(=O)c1Br. The number of pyridine rings is 1. The molecule has 0 bridgehead atoms. The van der Waals surface area contributed by atoms with Crippen molar-refractivity contribution in [3.8, 4) is 0 Å². The fraction of sp³-hybridized carbons (Fsp3) is 0.308. The predicted octanol–water partition coefficient (Wildman–Crippen LogP) is 1.50. The molecule has 0 amide bonds. The molecule has 0 aliphatic heterocycles. The van der Waals surface area contributed by atoms with Crippen LogP contribution >= 0.6 is 15.9 Å². The van der Waals surface area contributed by atoms with Gasteiger partial charge in [-0.25, -0.2) is 4.98 Å². The Labute approximate surface area is 119 Å². The third-order valence-corrected chi connectivity index (χ3v) is 3.63. The van der Waals surface area contributed by atoms with E-state index in [9.17, 15) is 4.79 Å². The van der Waals surface area contributed by atoms with Gasteiger partial charge in [-0.15, -0.1) is 0 Å². The fourth-order valence-corrected chi connectivity index (χ4v) is 1.95. The lowest BCUT2D eigenvalue weighted by Crippen LogP contribution is -2.28. The van der Waals surface area contributed by atoms with Gasteiger partial charge in [0.25, 0.3) is 5.56 Å². The Kier molecular flexibility index (Phi) is 4.81. The lowest BCUT2D eigenvalue weighted by Gasteiger charge is -2.08.